The molecule has 2 rings (SSSR count). The first-order valence-electron chi connectivity index (χ1n) is 9.72. The van der Waals surface area contributed by atoms with E-state index in [0.717, 1.165) is 6.42 Å². The van der Waals surface area contributed by atoms with Crippen LogP contribution in [-0.2, 0) is 22.6 Å². The molecule has 2 aromatic rings. The molecule has 4 nitrogen and oxygen atoms in total. The number of hydrogen-bond acceptors (Lipinski definition) is 2. The summed E-state index contributed by atoms with van der Waals surface area (Å²) in [5.74, 6) is -0.474. The summed E-state index contributed by atoms with van der Waals surface area (Å²) < 4.78 is 0. The van der Waals surface area contributed by atoms with Crippen LogP contribution in [0.25, 0.3) is 0 Å². The first kappa shape index (κ1) is 24.8. The quantitative estimate of drug-likeness (QED) is 0.457. The summed E-state index contributed by atoms with van der Waals surface area (Å²) in [6.07, 6.45) is 1.22. The number of carbonyl (C=O) groups is 2. The summed E-state index contributed by atoms with van der Waals surface area (Å²) in [5.41, 5.74) is 1.23. The molecule has 1 unspecified atom stereocenters. The fourth-order valence-electron chi connectivity index (χ4n) is 3.07. The van der Waals surface area contributed by atoms with Gasteiger partial charge in [0, 0.05) is 33.2 Å². The summed E-state index contributed by atoms with van der Waals surface area (Å²) in [6, 6.07) is 9.50. The summed E-state index contributed by atoms with van der Waals surface area (Å²) in [6.45, 7) is 4.53. The third-order valence-corrected chi connectivity index (χ3v) is 5.98. The molecule has 0 aliphatic carbocycles. The maximum atomic E-state index is 13.3. The van der Waals surface area contributed by atoms with Gasteiger partial charge in [-0.1, -0.05) is 72.4 Å². The Hall–Kier alpha value is -1.46. The predicted octanol–water partition coefficient (Wildman–Crippen LogP) is 6.18. The number of halogens is 4. The molecule has 0 saturated carbocycles. The highest BCUT2D eigenvalue weighted by molar-refractivity contribution is 6.36. The standard InChI is InChI=1S/C22H24Cl4N2O2/c1-3-10-27-22(30)20(4-2)28(13-14-8-9-15(23)11-19(14)26)21(29)12-16-17(24)6-5-7-18(16)25/h5-9,11,20H,3-4,10,12-13H2,1-2H3,(H,27,30). The van der Waals surface area contributed by atoms with Crippen molar-refractivity contribution in [3.8, 4) is 0 Å². The van der Waals surface area contributed by atoms with Crippen molar-refractivity contribution in [1.29, 1.82) is 0 Å². The van der Waals surface area contributed by atoms with Crippen LogP contribution in [-0.4, -0.2) is 29.3 Å². The van der Waals surface area contributed by atoms with Crippen LogP contribution in [0.2, 0.25) is 20.1 Å². The van der Waals surface area contributed by atoms with Crippen LogP contribution in [0.3, 0.4) is 0 Å². The zero-order chi connectivity index (χ0) is 22.3. The molecule has 0 saturated heterocycles. The molecule has 0 bridgehead atoms. The number of benzene rings is 2. The monoisotopic (exact) mass is 488 g/mol. The Morgan fingerprint density at radius 3 is 2.23 bits per heavy atom. The van der Waals surface area contributed by atoms with Gasteiger partial charge in [0.05, 0.1) is 6.42 Å². The van der Waals surface area contributed by atoms with Gasteiger partial charge in [0.15, 0.2) is 0 Å². The smallest absolute Gasteiger partial charge is 0.242 e. The zero-order valence-corrected chi connectivity index (χ0v) is 19.9. The minimum absolute atomic E-state index is 0.0265. The average Bonchev–Trinajstić information content (AvgIpc) is 2.70. The van der Waals surface area contributed by atoms with Crippen LogP contribution in [0, 0.1) is 0 Å². The average molecular weight is 490 g/mol. The van der Waals surface area contributed by atoms with Gasteiger partial charge in [-0.3, -0.25) is 9.59 Å². The number of rotatable bonds is 9. The van der Waals surface area contributed by atoms with Crippen LogP contribution in [0.15, 0.2) is 36.4 Å². The van der Waals surface area contributed by atoms with Crippen molar-refractivity contribution in [2.45, 2.75) is 45.7 Å². The summed E-state index contributed by atoms with van der Waals surface area (Å²) in [5, 5.41) is 4.62. The fraction of sp³-hybridized carbons (Fsp3) is 0.364. The number of nitrogens with one attached hydrogen (secondary N) is 1. The second-order valence-electron chi connectivity index (χ2n) is 6.85. The fourth-order valence-corrected chi connectivity index (χ4v) is 4.07. The lowest BCUT2D eigenvalue weighted by Crippen LogP contribution is -2.49. The molecule has 30 heavy (non-hydrogen) atoms. The van der Waals surface area contributed by atoms with E-state index in [-0.39, 0.29) is 24.8 Å². The normalized spacial score (nSPS) is 11.8. The maximum absolute atomic E-state index is 13.3. The Morgan fingerprint density at radius 2 is 1.67 bits per heavy atom. The molecule has 0 aliphatic heterocycles. The van der Waals surface area contributed by atoms with Crippen LogP contribution in [0.4, 0.5) is 0 Å². The van der Waals surface area contributed by atoms with E-state index in [4.69, 9.17) is 46.4 Å². The van der Waals surface area contributed by atoms with Crippen molar-refractivity contribution in [3.05, 3.63) is 67.6 Å². The Labute approximate surface area is 197 Å². The third kappa shape index (κ3) is 6.52. The second-order valence-corrected chi connectivity index (χ2v) is 8.51. The molecular weight excluding hydrogens is 466 g/mol. The van der Waals surface area contributed by atoms with Crippen molar-refractivity contribution in [1.82, 2.24) is 10.2 Å². The molecule has 1 atom stereocenters. The van der Waals surface area contributed by atoms with E-state index < -0.39 is 6.04 Å². The Kier molecular flexibility index (Phi) is 9.76. The van der Waals surface area contributed by atoms with Crippen molar-refractivity contribution < 1.29 is 9.59 Å². The molecule has 2 aromatic carbocycles. The van der Waals surface area contributed by atoms with E-state index >= 15 is 0 Å². The van der Waals surface area contributed by atoms with Crippen LogP contribution in [0.5, 0.6) is 0 Å². The molecule has 0 radical (unpaired) electrons. The van der Waals surface area contributed by atoms with Gasteiger partial charge in [-0.05, 0) is 48.2 Å². The lowest BCUT2D eigenvalue weighted by atomic mass is 10.1. The lowest BCUT2D eigenvalue weighted by molar-refractivity contribution is -0.140. The number of hydrogen-bond donors (Lipinski definition) is 1. The minimum Gasteiger partial charge on any atom is -0.354 e. The minimum atomic E-state index is -0.656. The van der Waals surface area contributed by atoms with E-state index in [2.05, 4.69) is 5.32 Å². The highest BCUT2D eigenvalue weighted by Gasteiger charge is 2.29. The number of carbonyl (C=O) groups excluding carboxylic acids is 2. The van der Waals surface area contributed by atoms with E-state index in [1.54, 1.807) is 36.4 Å². The largest absolute Gasteiger partial charge is 0.354 e. The SMILES string of the molecule is CCCNC(=O)C(CC)N(Cc1ccc(Cl)cc1Cl)C(=O)Cc1c(Cl)cccc1Cl. The van der Waals surface area contributed by atoms with Crippen molar-refractivity contribution in [3.63, 3.8) is 0 Å². The van der Waals surface area contributed by atoms with Crippen molar-refractivity contribution in [2.24, 2.45) is 0 Å². The maximum Gasteiger partial charge on any atom is 0.242 e. The topological polar surface area (TPSA) is 49.4 Å². The zero-order valence-electron chi connectivity index (χ0n) is 16.9. The van der Waals surface area contributed by atoms with Crippen LogP contribution >= 0.6 is 46.4 Å². The van der Waals surface area contributed by atoms with Gasteiger partial charge < -0.3 is 10.2 Å². The second kappa shape index (κ2) is 11.8. The van der Waals surface area contributed by atoms with E-state index in [0.29, 0.717) is 44.2 Å². The van der Waals surface area contributed by atoms with Gasteiger partial charge >= 0.3 is 0 Å². The van der Waals surface area contributed by atoms with Crippen molar-refractivity contribution >= 4 is 58.2 Å². The summed E-state index contributed by atoms with van der Waals surface area (Å²) in [4.78, 5) is 27.6. The van der Waals surface area contributed by atoms with Crippen LogP contribution < -0.4 is 5.32 Å². The lowest BCUT2D eigenvalue weighted by Gasteiger charge is -2.31. The molecule has 1 N–H and O–H groups in total. The molecule has 0 spiro atoms. The molecule has 2 amide bonds. The molecule has 0 aliphatic rings. The number of nitrogens with zero attached hydrogens (tertiary/aromatic N) is 1. The number of amides is 2. The molecule has 8 heteroatoms. The molecule has 0 fully saturated rings. The predicted molar refractivity (Wildman–Crippen MR) is 125 cm³/mol. The molecule has 0 aromatic heterocycles. The van der Waals surface area contributed by atoms with Gasteiger partial charge in [-0.15, -0.1) is 0 Å². The Balaban J connectivity index is 2.38. The van der Waals surface area contributed by atoms with Crippen LogP contribution in [0.1, 0.15) is 37.8 Å². The van der Waals surface area contributed by atoms with Gasteiger partial charge in [-0.25, -0.2) is 0 Å². The summed E-state index contributed by atoms with van der Waals surface area (Å²) in [7, 11) is 0. The van der Waals surface area contributed by atoms with Crippen molar-refractivity contribution in [2.75, 3.05) is 6.54 Å². The van der Waals surface area contributed by atoms with Gasteiger partial charge in [0.1, 0.15) is 6.04 Å². The molecule has 0 heterocycles. The molecular formula is C22H24Cl4N2O2. The first-order valence-corrected chi connectivity index (χ1v) is 11.2. The van der Waals surface area contributed by atoms with Gasteiger partial charge in [0.2, 0.25) is 11.8 Å². The van der Waals surface area contributed by atoms with E-state index in [1.165, 1.54) is 4.90 Å². The first-order chi connectivity index (χ1) is 14.3. The molecule has 162 valence electrons. The highest BCUT2D eigenvalue weighted by Crippen LogP contribution is 2.27. The Bertz CT molecular complexity index is 884. The van der Waals surface area contributed by atoms with Gasteiger partial charge in [0.25, 0.3) is 0 Å². The Morgan fingerprint density at radius 1 is 1.00 bits per heavy atom. The van der Waals surface area contributed by atoms with Gasteiger partial charge in [-0.2, -0.15) is 0 Å². The third-order valence-electron chi connectivity index (χ3n) is 4.68. The van der Waals surface area contributed by atoms with E-state index in [9.17, 15) is 9.59 Å². The highest BCUT2D eigenvalue weighted by atomic mass is 35.5. The van der Waals surface area contributed by atoms with E-state index in [1.807, 2.05) is 13.8 Å². The summed E-state index contributed by atoms with van der Waals surface area (Å²) >= 11 is 24.8.